The number of hydrogen-bond acceptors (Lipinski definition) is 4. The minimum atomic E-state index is -0.0838. The predicted octanol–water partition coefficient (Wildman–Crippen LogP) is 1.18. The van der Waals surface area contributed by atoms with E-state index < -0.39 is 0 Å². The third-order valence-corrected chi connectivity index (χ3v) is 2.14. The van der Waals surface area contributed by atoms with Gasteiger partial charge in [-0.3, -0.25) is 5.41 Å². The molecule has 0 spiro atoms. The molecule has 5 heteroatoms. The van der Waals surface area contributed by atoms with Gasteiger partial charge in [0, 0.05) is 6.20 Å². The second-order valence-corrected chi connectivity index (χ2v) is 3.71. The molecule has 3 N–H and O–H groups in total. The zero-order valence-corrected chi connectivity index (χ0v) is 9.19. The first-order valence-corrected chi connectivity index (χ1v) is 4.84. The summed E-state index contributed by atoms with van der Waals surface area (Å²) in [6, 6.07) is 1.85. The van der Waals surface area contributed by atoms with Crippen LogP contribution in [0.5, 0.6) is 6.01 Å². The van der Waals surface area contributed by atoms with E-state index in [-0.39, 0.29) is 18.0 Å². The lowest BCUT2D eigenvalue weighted by atomic mass is 10.1. The molecule has 0 aromatic carbocycles. The first-order chi connectivity index (χ1) is 7.00. The van der Waals surface area contributed by atoms with Crippen molar-refractivity contribution in [1.82, 2.24) is 9.97 Å². The number of nitrogens with two attached hydrogens (primary N) is 1. The Labute approximate surface area is 89.2 Å². The fourth-order valence-electron chi connectivity index (χ4n) is 0.850. The Morgan fingerprint density at radius 2 is 2.13 bits per heavy atom. The highest BCUT2D eigenvalue weighted by atomic mass is 16.5. The third-order valence-electron chi connectivity index (χ3n) is 2.14. The van der Waals surface area contributed by atoms with Crippen LogP contribution >= 0.6 is 0 Å². The average Bonchev–Trinajstić information content (AvgIpc) is 2.18. The van der Waals surface area contributed by atoms with Crippen LogP contribution in [-0.4, -0.2) is 21.9 Å². The molecule has 0 aliphatic heterocycles. The number of hydrogen-bond donors (Lipinski definition) is 2. The Hall–Kier alpha value is -1.65. The summed E-state index contributed by atoms with van der Waals surface area (Å²) < 4.78 is 5.49. The molecule has 0 bridgehead atoms. The summed E-state index contributed by atoms with van der Waals surface area (Å²) in [5.41, 5.74) is 5.70. The molecule has 0 saturated carbocycles. The lowest BCUT2D eigenvalue weighted by molar-refractivity contribution is 0.155. The molecule has 1 rings (SSSR count). The van der Waals surface area contributed by atoms with Crippen molar-refractivity contribution in [2.45, 2.75) is 26.9 Å². The van der Waals surface area contributed by atoms with Gasteiger partial charge in [0.1, 0.15) is 17.6 Å². The van der Waals surface area contributed by atoms with E-state index in [9.17, 15) is 0 Å². The van der Waals surface area contributed by atoms with Crippen molar-refractivity contribution in [3.63, 3.8) is 0 Å². The standard InChI is InChI=1S/C10H16N4O/c1-6(2)7(3)15-10-13-5-4-8(14-10)9(11)12/h4-7H,1-3H3,(H3,11,12). The maximum Gasteiger partial charge on any atom is 0.317 e. The molecular weight excluding hydrogens is 192 g/mol. The fraction of sp³-hybridized carbons (Fsp3) is 0.500. The molecule has 0 amide bonds. The van der Waals surface area contributed by atoms with Gasteiger partial charge in [0.15, 0.2) is 0 Å². The molecule has 1 aromatic heterocycles. The van der Waals surface area contributed by atoms with Gasteiger partial charge < -0.3 is 10.5 Å². The Kier molecular flexibility index (Phi) is 3.60. The summed E-state index contributed by atoms with van der Waals surface area (Å²) in [4.78, 5) is 7.97. The number of amidine groups is 1. The molecule has 82 valence electrons. The van der Waals surface area contributed by atoms with Gasteiger partial charge in [-0.2, -0.15) is 4.98 Å². The third kappa shape index (κ3) is 3.19. The molecule has 1 atom stereocenters. The first-order valence-electron chi connectivity index (χ1n) is 4.84. The van der Waals surface area contributed by atoms with Gasteiger partial charge >= 0.3 is 6.01 Å². The maximum atomic E-state index is 7.23. The van der Waals surface area contributed by atoms with E-state index in [0.717, 1.165) is 0 Å². The highest BCUT2D eigenvalue weighted by Gasteiger charge is 2.11. The average molecular weight is 208 g/mol. The molecule has 1 heterocycles. The summed E-state index contributed by atoms with van der Waals surface area (Å²) in [6.45, 7) is 6.06. The van der Waals surface area contributed by atoms with E-state index in [4.69, 9.17) is 15.9 Å². The quantitative estimate of drug-likeness (QED) is 0.574. The van der Waals surface area contributed by atoms with Gasteiger partial charge in [0.05, 0.1) is 0 Å². The molecular formula is C10H16N4O. The number of ether oxygens (including phenoxy) is 1. The second-order valence-electron chi connectivity index (χ2n) is 3.71. The lowest BCUT2D eigenvalue weighted by Crippen LogP contribution is -2.21. The topological polar surface area (TPSA) is 84.9 Å². The Balaban J connectivity index is 2.78. The highest BCUT2D eigenvalue weighted by molar-refractivity contribution is 5.92. The zero-order chi connectivity index (χ0) is 11.4. The largest absolute Gasteiger partial charge is 0.460 e. The van der Waals surface area contributed by atoms with Crippen LogP contribution in [0.3, 0.4) is 0 Å². The van der Waals surface area contributed by atoms with Gasteiger partial charge in [0.25, 0.3) is 0 Å². The molecule has 0 aliphatic carbocycles. The molecule has 0 fully saturated rings. The first kappa shape index (κ1) is 11.4. The van der Waals surface area contributed by atoms with Crippen LogP contribution in [0.15, 0.2) is 12.3 Å². The van der Waals surface area contributed by atoms with Gasteiger partial charge in [0.2, 0.25) is 0 Å². The van der Waals surface area contributed by atoms with Crippen LogP contribution in [0.1, 0.15) is 26.5 Å². The molecule has 0 saturated heterocycles. The van der Waals surface area contributed by atoms with Crippen molar-refractivity contribution in [2.24, 2.45) is 11.7 Å². The molecule has 15 heavy (non-hydrogen) atoms. The number of nitrogens with zero attached hydrogens (tertiary/aromatic N) is 2. The van der Waals surface area contributed by atoms with Crippen molar-refractivity contribution >= 4 is 5.84 Å². The van der Waals surface area contributed by atoms with E-state index >= 15 is 0 Å². The van der Waals surface area contributed by atoms with Crippen molar-refractivity contribution in [3.05, 3.63) is 18.0 Å². The van der Waals surface area contributed by atoms with E-state index in [1.165, 1.54) is 6.20 Å². The van der Waals surface area contributed by atoms with Crippen LogP contribution in [0.4, 0.5) is 0 Å². The predicted molar refractivity (Wildman–Crippen MR) is 58.0 cm³/mol. The molecule has 0 radical (unpaired) electrons. The summed E-state index contributed by atoms with van der Waals surface area (Å²) >= 11 is 0. The van der Waals surface area contributed by atoms with E-state index in [1.54, 1.807) is 6.07 Å². The summed E-state index contributed by atoms with van der Waals surface area (Å²) in [6.07, 6.45) is 1.57. The van der Waals surface area contributed by atoms with Crippen LogP contribution in [0.2, 0.25) is 0 Å². The second kappa shape index (κ2) is 4.72. The van der Waals surface area contributed by atoms with Gasteiger partial charge in [-0.1, -0.05) is 13.8 Å². The highest BCUT2D eigenvalue weighted by Crippen LogP contribution is 2.10. The van der Waals surface area contributed by atoms with Crippen molar-refractivity contribution in [2.75, 3.05) is 0 Å². The van der Waals surface area contributed by atoms with E-state index in [1.807, 2.05) is 6.92 Å². The fourth-order valence-corrected chi connectivity index (χ4v) is 0.850. The monoisotopic (exact) mass is 208 g/mol. The number of nitrogen functional groups attached to an aromatic ring is 1. The zero-order valence-electron chi connectivity index (χ0n) is 9.19. The van der Waals surface area contributed by atoms with Crippen molar-refractivity contribution < 1.29 is 4.74 Å². The Bertz CT molecular complexity index is 351. The van der Waals surface area contributed by atoms with E-state index in [0.29, 0.717) is 11.6 Å². The molecule has 1 aromatic rings. The van der Waals surface area contributed by atoms with Gasteiger partial charge in [-0.05, 0) is 18.9 Å². The Morgan fingerprint density at radius 1 is 1.47 bits per heavy atom. The number of nitrogens with one attached hydrogen (secondary N) is 1. The van der Waals surface area contributed by atoms with E-state index in [2.05, 4.69) is 23.8 Å². The maximum absolute atomic E-state index is 7.23. The summed E-state index contributed by atoms with van der Waals surface area (Å²) in [5, 5.41) is 7.23. The molecule has 0 aliphatic rings. The van der Waals surface area contributed by atoms with Crippen LogP contribution < -0.4 is 10.5 Å². The van der Waals surface area contributed by atoms with Crippen molar-refractivity contribution in [1.29, 1.82) is 5.41 Å². The minimum Gasteiger partial charge on any atom is -0.460 e. The normalized spacial score (nSPS) is 12.5. The van der Waals surface area contributed by atoms with Gasteiger partial charge in [-0.25, -0.2) is 4.98 Å². The number of rotatable bonds is 4. The summed E-state index contributed by atoms with van der Waals surface area (Å²) in [7, 11) is 0. The van der Waals surface area contributed by atoms with Gasteiger partial charge in [-0.15, -0.1) is 0 Å². The van der Waals surface area contributed by atoms with Crippen molar-refractivity contribution in [3.8, 4) is 6.01 Å². The smallest absolute Gasteiger partial charge is 0.317 e. The summed E-state index contributed by atoms with van der Waals surface area (Å²) in [5.74, 6) is 0.300. The Morgan fingerprint density at radius 3 is 2.67 bits per heavy atom. The van der Waals surface area contributed by atoms with Crippen LogP contribution in [-0.2, 0) is 0 Å². The lowest BCUT2D eigenvalue weighted by Gasteiger charge is -2.16. The van der Waals surface area contributed by atoms with Crippen LogP contribution in [0, 0.1) is 11.3 Å². The van der Waals surface area contributed by atoms with Crippen LogP contribution in [0.25, 0.3) is 0 Å². The molecule has 1 unspecified atom stereocenters. The minimum absolute atomic E-state index is 0.0345. The molecule has 5 nitrogen and oxygen atoms in total. The SMILES string of the molecule is CC(C)C(C)Oc1nccc(C(=N)N)n1. The number of aromatic nitrogens is 2.